The van der Waals surface area contributed by atoms with Crippen LogP contribution in [0.1, 0.15) is 5.56 Å². The Hall–Kier alpha value is -3.71. The zero-order valence-corrected chi connectivity index (χ0v) is 17.2. The van der Waals surface area contributed by atoms with E-state index >= 15 is 0 Å². The lowest BCUT2D eigenvalue weighted by atomic mass is 10.0. The predicted molar refractivity (Wildman–Crippen MR) is 120 cm³/mol. The number of nitrogens with one attached hydrogen (secondary N) is 2. The van der Waals surface area contributed by atoms with Crippen LogP contribution in [-0.4, -0.2) is 14.3 Å². The molecule has 0 bridgehead atoms. The largest absolute Gasteiger partial charge is 0.326 e. The second-order valence-electron chi connectivity index (χ2n) is 7.00. The molecule has 0 radical (unpaired) electrons. The molecule has 4 rings (SSSR count). The molecule has 5 nitrogen and oxygen atoms in total. The van der Waals surface area contributed by atoms with Gasteiger partial charge in [0.2, 0.25) is 5.91 Å². The second-order valence-corrected chi connectivity index (χ2v) is 8.68. The van der Waals surface area contributed by atoms with Crippen molar-refractivity contribution < 1.29 is 17.6 Å². The quantitative estimate of drug-likeness (QED) is 0.450. The highest BCUT2D eigenvalue weighted by atomic mass is 32.2. The molecule has 0 saturated carbocycles. The minimum Gasteiger partial charge on any atom is -0.326 e. The Bertz CT molecular complexity index is 1330. The average Bonchev–Trinajstić information content (AvgIpc) is 2.75. The van der Waals surface area contributed by atoms with Crippen molar-refractivity contribution in [2.24, 2.45) is 0 Å². The van der Waals surface area contributed by atoms with Crippen molar-refractivity contribution >= 4 is 38.1 Å². The van der Waals surface area contributed by atoms with E-state index in [9.17, 15) is 17.6 Å². The third kappa shape index (κ3) is 4.90. The van der Waals surface area contributed by atoms with Gasteiger partial charge in [0.15, 0.2) is 0 Å². The Morgan fingerprint density at radius 1 is 0.774 bits per heavy atom. The van der Waals surface area contributed by atoms with E-state index in [-0.39, 0.29) is 17.2 Å². The maximum absolute atomic E-state index is 13.0. The number of sulfonamides is 1. The van der Waals surface area contributed by atoms with Gasteiger partial charge in [-0.2, -0.15) is 0 Å². The smallest absolute Gasteiger partial charge is 0.261 e. The number of fused-ring (bicyclic) bond motifs is 1. The van der Waals surface area contributed by atoms with Gasteiger partial charge in [0, 0.05) is 11.4 Å². The maximum Gasteiger partial charge on any atom is 0.261 e. The molecule has 0 saturated heterocycles. The van der Waals surface area contributed by atoms with Gasteiger partial charge in [-0.1, -0.05) is 42.5 Å². The zero-order chi connectivity index (χ0) is 21.8. The summed E-state index contributed by atoms with van der Waals surface area (Å²) in [7, 11) is -3.83. The van der Waals surface area contributed by atoms with E-state index in [1.165, 1.54) is 12.1 Å². The summed E-state index contributed by atoms with van der Waals surface area (Å²) in [6, 6.07) is 24.6. The molecule has 0 aromatic heterocycles. The summed E-state index contributed by atoms with van der Waals surface area (Å²) >= 11 is 0. The summed E-state index contributed by atoms with van der Waals surface area (Å²) < 4.78 is 40.2. The first-order valence-electron chi connectivity index (χ1n) is 9.56. The molecule has 1 amide bonds. The summed E-state index contributed by atoms with van der Waals surface area (Å²) in [5, 5.41) is 4.93. The maximum atomic E-state index is 13.0. The van der Waals surface area contributed by atoms with Crippen molar-refractivity contribution in [2.45, 2.75) is 11.3 Å². The van der Waals surface area contributed by atoms with Crippen molar-refractivity contribution in [1.82, 2.24) is 0 Å². The number of hydrogen-bond acceptors (Lipinski definition) is 3. The monoisotopic (exact) mass is 434 g/mol. The average molecular weight is 434 g/mol. The minimum atomic E-state index is -3.83. The highest BCUT2D eigenvalue weighted by molar-refractivity contribution is 7.92. The van der Waals surface area contributed by atoms with Gasteiger partial charge in [-0.15, -0.1) is 0 Å². The van der Waals surface area contributed by atoms with Gasteiger partial charge in [0.05, 0.1) is 11.3 Å². The van der Waals surface area contributed by atoms with Crippen LogP contribution in [0.5, 0.6) is 0 Å². The van der Waals surface area contributed by atoms with Gasteiger partial charge in [0.25, 0.3) is 10.0 Å². The van der Waals surface area contributed by atoms with Crippen molar-refractivity contribution in [3.63, 3.8) is 0 Å². The molecule has 0 aliphatic carbocycles. The Morgan fingerprint density at radius 2 is 1.42 bits per heavy atom. The molecule has 0 heterocycles. The van der Waals surface area contributed by atoms with Gasteiger partial charge in [-0.25, -0.2) is 12.8 Å². The van der Waals surface area contributed by atoms with Crippen molar-refractivity contribution in [1.29, 1.82) is 0 Å². The number of amides is 1. The molecule has 0 aliphatic rings. The highest BCUT2D eigenvalue weighted by Gasteiger charge is 2.14. The van der Waals surface area contributed by atoms with Crippen LogP contribution in [0.4, 0.5) is 15.8 Å². The van der Waals surface area contributed by atoms with Gasteiger partial charge in [0.1, 0.15) is 5.82 Å². The molecule has 156 valence electrons. The summed E-state index contributed by atoms with van der Waals surface area (Å²) in [6.07, 6.45) is 0.223. The molecule has 0 aliphatic heterocycles. The van der Waals surface area contributed by atoms with E-state index in [1.807, 2.05) is 42.5 Å². The Kier molecular flexibility index (Phi) is 5.68. The fourth-order valence-corrected chi connectivity index (χ4v) is 4.33. The molecule has 0 atom stereocenters. The topological polar surface area (TPSA) is 75.3 Å². The molecule has 0 spiro atoms. The Balaban J connectivity index is 1.42. The lowest BCUT2D eigenvalue weighted by Gasteiger charge is -2.10. The van der Waals surface area contributed by atoms with Crippen molar-refractivity contribution in [2.75, 3.05) is 10.0 Å². The van der Waals surface area contributed by atoms with E-state index in [1.54, 1.807) is 24.3 Å². The normalized spacial score (nSPS) is 11.3. The standard InChI is InChI=1S/C24H19FN2O3S/c25-19-8-14-22(15-9-19)31(29,30)27-21-12-10-20(11-13-21)26-24(28)16-18-6-3-5-17-4-1-2-7-23(17)18/h1-15,27H,16H2,(H,26,28). The fourth-order valence-electron chi connectivity index (χ4n) is 3.27. The van der Waals surface area contributed by atoms with E-state index < -0.39 is 15.8 Å². The van der Waals surface area contributed by atoms with Crippen molar-refractivity contribution in [3.8, 4) is 0 Å². The number of halogens is 1. The summed E-state index contributed by atoms with van der Waals surface area (Å²) in [5.74, 6) is -0.682. The number of carbonyl (C=O) groups is 1. The van der Waals surface area contributed by atoms with Gasteiger partial charge in [-0.05, 0) is 64.9 Å². The number of hydrogen-bond donors (Lipinski definition) is 2. The molecule has 0 unspecified atom stereocenters. The number of benzene rings is 4. The van der Waals surface area contributed by atoms with Crippen LogP contribution in [0, 0.1) is 5.82 Å². The molecular formula is C24H19FN2O3S. The summed E-state index contributed by atoms with van der Waals surface area (Å²) in [6.45, 7) is 0. The van der Waals surface area contributed by atoms with E-state index in [2.05, 4.69) is 10.0 Å². The molecule has 0 fully saturated rings. The molecular weight excluding hydrogens is 415 g/mol. The lowest BCUT2D eigenvalue weighted by molar-refractivity contribution is -0.115. The van der Waals surface area contributed by atoms with Gasteiger partial charge >= 0.3 is 0 Å². The number of carbonyl (C=O) groups excluding carboxylic acids is 1. The molecule has 7 heteroatoms. The van der Waals surface area contributed by atoms with Crippen LogP contribution in [0.25, 0.3) is 10.8 Å². The molecule has 31 heavy (non-hydrogen) atoms. The third-order valence-electron chi connectivity index (χ3n) is 4.78. The van der Waals surface area contributed by atoms with Crippen molar-refractivity contribution in [3.05, 3.63) is 102 Å². The van der Waals surface area contributed by atoms with Gasteiger partial charge in [-0.3, -0.25) is 9.52 Å². The first-order valence-corrected chi connectivity index (χ1v) is 11.0. The van der Waals surface area contributed by atoms with E-state index in [4.69, 9.17) is 0 Å². The second kappa shape index (κ2) is 8.57. The molecule has 4 aromatic carbocycles. The minimum absolute atomic E-state index is 0.0404. The molecule has 2 N–H and O–H groups in total. The van der Waals surface area contributed by atoms with Crippen LogP contribution >= 0.6 is 0 Å². The SMILES string of the molecule is O=C(Cc1cccc2ccccc12)Nc1ccc(NS(=O)(=O)c2ccc(F)cc2)cc1. The number of anilines is 2. The summed E-state index contributed by atoms with van der Waals surface area (Å²) in [4.78, 5) is 12.5. The van der Waals surface area contributed by atoms with Crippen LogP contribution < -0.4 is 10.0 Å². The van der Waals surface area contributed by atoms with E-state index in [0.29, 0.717) is 11.4 Å². The van der Waals surface area contributed by atoms with Crippen LogP contribution in [-0.2, 0) is 21.2 Å². The van der Waals surface area contributed by atoms with Gasteiger partial charge < -0.3 is 5.32 Å². The molecule has 4 aromatic rings. The first-order chi connectivity index (χ1) is 14.9. The third-order valence-corrected chi connectivity index (χ3v) is 6.17. The predicted octanol–water partition coefficient (Wildman–Crippen LogP) is 4.96. The fraction of sp³-hybridized carbons (Fsp3) is 0.0417. The highest BCUT2D eigenvalue weighted by Crippen LogP contribution is 2.21. The van der Waals surface area contributed by atoms with E-state index in [0.717, 1.165) is 28.5 Å². The zero-order valence-electron chi connectivity index (χ0n) is 16.4. The van der Waals surface area contributed by atoms with Crippen LogP contribution in [0.15, 0.2) is 95.9 Å². The lowest BCUT2D eigenvalue weighted by Crippen LogP contribution is -2.15. The Labute approximate surface area is 179 Å². The van der Waals surface area contributed by atoms with Crippen LogP contribution in [0.2, 0.25) is 0 Å². The Morgan fingerprint density at radius 3 is 2.16 bits per heavy atom. The first kappa shape index (κ1) is 20.6. The van der Waals surface area contributed by atoms with Crippen LogP contribution in [0.3, 0.4) is 0 Å². The number of rotatable bonds is 6. The summed E-state index contributed by atoms with van der Waals surface area (Å²) in [5.41, 5.74) is 1.81.